The van der Waals surface area contributed by atoms with E-state index in [0.29, 0.717) is 11.8 Å². The third kappa shape index (κ3) is 3.61. The normalized spacial score (nSPS) is 14.1. The molecule has 106 valence electrons. The minimum atomic E-state index is 0.0702. The number of ether oxygens (including phenoxy) is 1. The molecule has 2 nitrogen and oxygen atoms in total. The van der Waals surface area contributed by atoms with Gasteiger partial charge in [-0.3, -0.25) is 0 Å². The highest BCUT2D eigenvalue weighted by atomic mass is 16.5. The topological polar surface area (TPSA) is 35.2 Å². The van der Waals surface area contributed by atoms with E-state index in [-0.39, 0.29) is 6.04 Å². The standard InChI is InChI=1S/C18H23NO/c1-13(2)14(3)18(19)15-9-11-17(12-10-15)20-16-7-5-4-6-8-16/h4-14,18H,19H2,1-3H3. The lowest BCUT2D eigenvalue weighted by Gasteiger charge is -2.23. The van der Waals surface area contributed by atoms with Crippen LogP contribution in [0.15, 0.2) is 54.6 Å². The summed E-state index contributed by atoms with van der Waals surface area (Å²) >= 11 is 0. The third-order valence-corrected chi connectivity index (χ3v) is 3.86. The number of rotatable bonds is 5. The second-order valence-corrected chi connectivity index (χ2v) is 5.61. The van der Waals surface area contributed by atoms with E-state index in [1.807, 2.05) is 42.5 Å². The Morgan fingerprint density at radius 1 is 0.800 bits per heavy atom. The van der Waals surface area contributed by atoms with Crippen molar-refractivity contribution in [3.8, 4) is 11.5 Å². The summed E-state index contributed by atoms with van der Waals surface area (Å²) in [5, 5.41) is 0. The molecule has 2 heteroatoms. The zero-order chi connectivity index (χ0) is 14.5. The van der Waals surface area contributed by atoms with E-state index in [0.717, 1.165) is 17.1 Å². The zero-order valence-corrected chi connectivity index (χ0v) is 12.4. The van der Waals surface area contributed by atoms with Crippen LogP contribution < -0.4 is 10.5 Å². The van der Waals surface area contributed by atoms with Crippen LogP contribution in [0.1, 0.15) is 32.4 Å². The predicted molar refractivity (Wildman–Crippen MR) is 83.9 cm³/mol. The lowest BCUT2D eigenvalue weighted by atomic mass is 9.87. The highest BCUT2D eigenvalue weighted by molar-refractivity contribution is 5.34. The van der Waals surface area contributed by atoms with Crippen molar-refractivity contribution in [1.29, 1.82) is 0 Å². The van der Waals surface area contributed by atoms with Gasteiger partial charge in [0.15, 0.2) is 0 Å². The molecule has 2 atom stereocenters. The second kappa shape index (κ2) is 6.58. The van der Waals surface area contributed by atoms with Gasteiger partial charge in [0.25, 0.3) is 0 Å². The number of para-hydroxylation sites is 1. The number of hydrogen-bond donors (Lipinski definition) is 1. The molecule has 0 amide bonds. The SMILES string of the molecule is CC(C)C(C)C(N)c1ccc(Oc2ccccc2)cc1. The molecule has 20 heavy (non-hydrogen) atoms. The van der Waals surface area contributed by atoms with Gasteiger partial charge in [-0.1, -0.05) is 51.1 Å². The Labute approximate surface area is 121 Å². The highest BCUT2D eigenvalue weighted by Crippen LogP contribution is 2.28. The molecule has 0 aromatic heterocycles. The minimum absolute atomic E-state index is 0.0702. The summed E-state index contributed by atoms with van der Waals surface area (Å²) in [5.74, 6) is 2.71. The van der Waals surface area contributed by atoms with Crippen LogP contribution in [0.25, 0.3) is 0 Å². The maximum absolute atomic E-state index is 6.30. The molecule has 0 heterocycles. The first-order valence-corrected chi connectivity index (χ1v) is 7.16. The molecule has 0 bridgehead atoms. The molecule has 2 aromatic carbocycles. The van der Waals surface area contributed by atoms with E-state index in [4.69, 9.17) is 10.5 Å². The summed E-state index contributed by atoms with van der Waals surface area (Å²) in [5.41, 5.74) is 7.46. The molecule has 0 aliphatic heterocycles. The smallest absolute Gasteiger partial charge is 0.127 e. The fraction of sp³-hybridized carbons (Fsp3) is 0.333. The highest BCUT2D eigenvalue weighted by Gasteiger charge is 2.17. The fourth-order valence-electron chi connectivity index (χ4n) is 2.10. The van der Waals surface area contributed by atoms with Crippen LogP contribution in [0, 0.1) is 11.8 Å². The van der Waals surface area contributed by atoms with E-state index in [1.54, 1.807) is 0 Å². The minimum Gasteiger partial charge on any atom is -0.457 e. The average Bonchev–Trinajstić information content (AvgIpc) is 2.47. The number of benzene rings is 2. The Kier molecular flexibility index (Phi) is 4.80. The quantitative estimate of drug-likeness (QED) is 0.848. The van der Waals surface area contributed by atoms with Gasteiger partial charge in [-0.2, -0.15) is 0 Å². The predicted octanol–water partition coefficient (Wildman–Crippen LogP) is 4.77. The van der Waals surface area contributed by atoms with Gasteiger partial charge in [0.1, 0.15) is 11.5 Å². The monoisotopic (exact) mass is 269 g/mol. The van der Waals surface area contributed by atoms with Crippen LogP contribution in [0.2, 0.25) is 0 Å². The van der Waals surface area contributed by atoms with Crippen molar-refractivity contribution in [2.45, 2.75) is 26.8 Å². The molecule has 2 rings (SSSR count). The maximum Gasteiger partial charge on any atom is 0.127 e. The summed E-state index contributed by atoms with van der Waals surface area (Å²) in [6, 6.07) is 17.9. The van der Waals surface area contributed by atoms with E-state index in [2.05, 4.69) is 32.9 Å². The Hall–Kier alpha value is -1.80. The van der Waals surface area contributed by atoms with E-state index in [1.165, 1.54) is 0 Å². The summed E-state index contributed by atoms with van der Waals surface area (Å²) in [6.45, 7) is 6.61. The Morgan fingerprint density at radius 3 is 1.90 bits per heavy atom. The number of nitrogens with two attached hydrogens (primary N) is 1. The average molecular weight is 269 g/mol. The van der Waals surface area contributed by atoms with E-state index < -0.39 is 0 Å². The molecule has 2 aromatic rings. The zero-order valence-electron chi connectivity index (χ0n) is 12.4. The molecule has 0 saturated carbocycles. The van der Waals surface area contributed by atoms with Crippen molar-refractivity contribution in [1.82, 2.24) is 0 Å². The summed E-state index contributed by atoms with van der Waals surface area (Å²) in [7, 11) is 0. The Balaban J connectivity index is 2.06. The molecule has 0 aliphatic carbocycles. The van der Waals surface area contributed by atoms with Crippen LogP contribution in [0.3, 0.4) is 0 Å². The maximum atomic E-state index is 6.30. The largest absolute Gasteiger partial charge is 0.457 e. The van der Waals surface area contributed by atoms with Crippen molar-refractivity contribution in [2.75, 3.05) is 0 Å². The molecule has 0 spiro atoms. The first-order valence-electron chi connectivity index (χ1n) is 7.16. The molecular formula is C18H23NO. The van der Waals surface area contributed by atoms with Gasteiger partial charge in [0.05, 0.1) is 0 Å². The van der Waals surface area contributed by atoms with Crippen molar-refractivity contribution < 1.29 is 4.74 Å². The van der Waals surface area contributed by atoms with Crippen molar-refractivity contribution in [3.05, 3.63) is 60.2 Å². The van der Waals surface area contributed by atoms with Crippen molar-refractivity contribution in [3.63, 3.8) is 0 Å². The Bertz CT molecular complexity index is 519. The first kappa shape index (κ1) is 14.6. The van der Waals surface area contributed by atoms with Crippen molar-refractivity contribution >= 4 is 0 Å². The summed E-state index contributed by atoms with van der Waals surface area (Å²) < 4.78 is 5.78. The van der Waals surface area contributed by atoms with Gasteiger partial charge in [0, 0.05) is 6.04 Å². The van der Waals surface area contributed by atoms with Crippen LogP contribution in [0.4, 0.5) is 0 Å². The van der Waals surface area contributed by atoms with Gasteiger partial charge in [-0.15, -0.1) is 0 Å². The fourth-order valence-corrected chi connectivity index (χ4v) is 2.10. The summed E-state index contributed by atoms with van der Waals surface area (Å²) in [4.78, 5) is 0. The molecule has 2 N–H and O–H groups in total. The molecule has 0 aliphatic rings. The lowest BCUT2D eigenvalue weighted by Crippen LogP contribution is -2.22. The van der Waals surface area contributed by atoms with Gasteiger partial charge in [-0.05, 0) is 41.7 Å². The Morgan fingerprint density at radius 2 is 1.35 bits per heavy atom. The van der Waals surface area contributed by atoms with E-state index in [9.17, 15) is 0 Å². The molecule has 0 fully saturated rings. The first-order chi connectivity index (χ1) is 9.58. The van der Waals surface area contributed by atoms with Gasteiger partial charge >= 0.3 is 0 Å². The van der Waals surface area contributed by atoms with E-state index >= 15 is 0 Å². The second-order valence-electron chi connectivity index (χ2n) is 5.61. The number of hydrogen-bond acceptors (Lipinski definition) is 2. The molecule has 2 unspecified atom stereocenters. The van der Waals surface area contributed by atoms with Crippen molar-refractivity contribution in [2.24, 2.45) is 17.6 Å². The molecule has 0 radical (unpaired) electrons. The van der Waals surface area contributed by atoms with Gasteiger partial charge in [0.2, 0.25) is 0 Å². The lowest BCUT2D eigenvalue weighted by molar-refractivity contribution is 0.352. The van der Waals surface area contributed by atoms with Crippen LogP contribution in [-0.4, -0.2) is 0 Å². The third-order valence-electron chi connectivity index (χ3n) is 3.86. The van der Waals surface area contributed by atoms with Gasteiger partial charge < -0.3 is 10.5 Å². The van der Waals surface area contributed by atoms with Crippen LogP contribution in [-0.2, 0) is 0 Å². The summed E-state index contributed by atoms with van der Waals surface area (Å²) in [6.07, 6.45) is 0. The van der Waals surface area contributed by atoms with Crippen LogP contribution in [0.5, 0.6) is 11.5 Å². The van der Waals surface area contributed by atoms with Crippen LogP contribution >= 0.6 is 0 Å². The molecule has 0 saturated heterocycles. The van der Waals surface area contributed by atoms with Gasteiger partial charge in [-0.25, -0.2) is 0 Å². The molecular weight excluding hydrogens is 246 g/mol.